The van der Waals surface area contributed by atoms with Crippen molar-refractivity contribution >= 4 is 5.97 Å². The van der Waals surface area contributed by atoms with Crippen LogP contribution in [-0.2, 0) is 9.53 Å². The molecule has 4 heteroatoms. The van der Waals surface area contributed by atoms with Crippen molar-refractivity contribution in [2.24, 2.45) is 5.92 Å². The highest BCUT2D eigenvalue weighted by atomic mass is 16.5. The SMILES string of the molecule is CO[C@@H]1C[C@@H](C(=O)O)CC[C@H]1O. The molecule has 2 N–H and O–H groups in total. The molecule has 0 aromatic heterocycles. The number of carboxylic acid groups (broad SMARTS) is 1. The molecule has 1 aliphatic carbocycles. The second-order valence-electron chi connectivity index (χ2n) is 3.19. The monoisotopic (exact) mass is 174 g/mol. The van der Waals surface area contributed by atoms with Crippen molar-refractivity contribution in [3.05, 3.63) is 0 Å². The van der Waals surface area contributed by atoms with Gasteiger partial charge in [-0.05, 0) is 19.3 Å². The molecule has 0 spiro atoms. The van der Waals surface area contributed by atoms with Crippen LogP contribution in [0.1, 0.15) is 19.3 Å². The van der Waals surface area contributed by atoms with Crippen LogP contribution in [0.4, 0.5) is 0 Å². The predicted molar refractivity (Wildman–Crippen MR) is 41.8 cm³/mol. The van der Waals surface area contributed by atoms with E-state index < -0.39 is 12.1 Å². The molecular weight excluding hydrogens is 160 g/mol. The molecule has 0 aromatic carbocycles. The maximum absolute atomic E-state index is 10.6. The van der Waals surface area contributed by atoms with Crippen molar-refractivity contribution in [1.29, 1.82) is 0 Å². The van der Waals surface area contributed by atoms with Crippen LogP contribution in [0, 0.1) is 5.92 Å². The van der Waals surface area contributed by atoms with Gasteiger partial charge in [-0.2, -0.15) is 0 Å². The summed E-state index contributed by atoms with van der Waals surface area (Å²) in [5.74, 6) is -1.14. The molecule has 0 aliphatic heterocycles. The molecule has 4 nitrogen and oxygen atoms in total. The lowest BCUT2D eigenvalue weighted by molar-refractivity contribution is -0.147. The number of aliphatic hydroxyl groups excluding tert-OH is 1. The lowest BCUT2D eigenvalue weighted by atomic mass is 9.85. The number of rotatable bonds is 2. The van der Waals surface area contributed by atoms with E-state index in [1.165, 1.54) is 7.11 Å². The van der Waals surface area contributed by atoms with Crippen molar-refractivity contribution < 1.29 is 19.7 Å². The second kappa shape index (κ2) is 3.87. The first-order chi connectivity index (χ1) is 5.65. The predicted octanol–water partition coefficient (Wildman–Crippen LogP) is 0.247. The highest BCUT2D eigenvalue weighted by Gasteiger charge is 2.32. The van der Waals surface area contributed by atoms with Crippen molar-refractivity contribution in [3.8, 4) is 0 Å². The molecule has 70 valence electrons. The topological polar surface area (TPSA) is 66.8 Å². The highest BCUT2D eigenvalue weighted by Crippen LogP contribution is 2.26. The molecule has 0 unspecified atom stereocenters. The number of aliphatic carboxylic acids is 1. The molecule has 0 aromatic rings. The maximum Gasteiger partial charge on any atom is 0.306 e. The Hall–Kier alpha value is -0.610. The number of hydrogen-bond donors (Lipinski definition) is 2. The molecular formula is C8H14O4. The third-order valence-electron chi connectivity index (χ3n) is 2.41. The quantitative estimate of drug-likeness (QED) is 0.629. The van der Waals surface area contributed by atoms with Gasteiger partial charge < -0.3 is 14.9 Å². The Morgan fingerprint density at radius 1 is 1.50 bits per heavy atom. The van der Waals surface area contributed by atoms with E-state index in [0.717, 1.165) is 0 Å². The lowest BCUT2D eigenvalue weighted by Crippen LogP contribution is -2.37. The first-order valence-electron chi connectivity index (χ1n) is 4.08. The normalized spacial score (nSPS) is 36.3. The Kier molecular flexibility index (Phi) is 3.05. The minimum atomic E-state index is -0.788. The summed E-state index contributed by atoms with van der Waals surface area (Å²) in [6.07, 6.45) is 0.698. The Morgan fingerprint density at radius 2 is 2.17 bits per heavy atom. The zero-order valence-corrected chi connectivity index (χ0v) is 7.06. The molecule has 0 saturated heterocycles. The van der Waals surface area contributed by atoms with Crippen LogP contribution in [0.5, 0.6) is 0 Å². The average molecular weight is 174 g/mol. The average Bonchev–Trinajstić information content (AvgIpc) is 2.05. The number of carboxylic acids is 1. The summed E-state index contributed by atoms with van der Waals surface area (Å²) >= 11 is 0. The summed E-state index contributed by atoms with van der Waals surface area (Å²) in [5.41, 5.74) is 0. The van der Waals surface area contributed by atoms with E-state index in [9.17, 15) is 9.90 Å². The first kappa shape index (κ1) is 9.48. The maximum atomic E-state index is 10.6. The van der Waals surface area contributed by atoms with Crippen LogP contribution in [0.15, 0.2) is 0 Å². The van der Waals surface area contributed by atoms with Gasteiger partial charge in [0.2, 0.25) is 0 Å². The van der Waals surface area contributed by atoms with E-state index in [-0.39, 0.29) is 12.0 Å². The molecule has 0 heterocycles. The van der Waals surface area contributed by atoms with Gasteiger partial charge in [-0.1, -0.05) is 0 Å². The molecule has 3 atom stereocenters. The molecule has 1 rings (SSSR count). The van der Waals surface area contributed by atoms with Crippen LogP contribution >= 0.6 is 0 Å². The fraction of sp³-hybridized carbons (Fsp3) is 0.875. The largest absolute Gasteiger partial charge is 0.481 e. The summed E-state index contributed by atoms with van der Waals surface area (Å²) < 4.78 is 4.97. The number of ether oxygens (including phenoxy) is 1. The van der Waals surface area contributed by atoms with Crippen LogP contribution in [0.3, 0.4) is 0 Å². The van der Waals surface area contributed by atoms with Gasteiger partial charge in [-0.3, -0.25) is 4.79 Å². The zero-order valence-electron chi connectivity index (χ0n) is 7.06. The van der Waals surface area contributed by atoms with Gasteiger partial charge in [0, 0.05) is 7.11 Å². The summed E-state index contributed by atoms with van der Waals surface area (Å²) in [7, 11) is 1.50. The van der Waals surface area contributed by atoms with Gasteiger partial charge in [0.25, 0.3) is 0 Å². The van der Waals surface area contributed by atoms with E-state index in [0.29, 0.717) is 19.3 Å². The van der Waals surface area contributed by atoms with E-state index in [1.807, 2.05) is 0 Å². The minimum Gasteiger partial charge on any atom is -0.481 e. The van der Waals surface area contributed by atoms with E-state index >= 15 is 0 Å². The summed E-state index contributed by atoms with van der Waals surface area (Å²) in [6, 6.07) is 0. The third-order valence-corrected chi connectivity index (χ3v) is 2.41. The second-order valence-corrected chi connectivity index (χ2v) is 3.19. The van der Waals surface area contributed by atoms with Crippen molar-refractivity contribution in [2.75, 3.05) is 7.11 Å². The molecule has 0 amide bonds. The van der Waals surface area contributed by atoms with Crippen LogP contribution in [0.25, 0.3) is 0 Å². The van der Waals surface area contributed by atoms with E-state index in [1.54, 1.807) is 0 Å². The minimum absolute atomic E-state index is 0.306. The van der Waals surface area contributed by atoms with Crippen molar-refractivity contribution in [2.45, 2.75) is 31.5 Å². The van der Waals surface area contributed by atoms with Gasteiger partial charge >= 0.3 is 5.97 Å². The smallest absolute Gasteiger partial charge is 0.306 e. The highest BCUT2D eigenvalue weighted by molar-refractivity contribution is 5.70. The molecule has 12 heavy (non-hydrogen) atoms. The summed E-state index contributed by atoms with van der Waals surface area (Å²) in [4.78, 5) is 10.6. The van der Waals surface area contributed by atoms with Gasteiger partial charge in [0.05, 0.1) is 18.1 Å². The fourth-order valence-corrected chi connectivity index (χ4v) is 1.59. The van der Waals surface area contributed by atoms with Crippen LogP contribution in [-0.4, -0.2) is 35.5 Å². The molecule has 1 saturated carbocycles. The molecule has 0 radical (unpaired) electrons. The zero-order chi connectivity index (χ0) is 9.14. The number of hydrogen-bond acceptors (Lipinski definition) is 3. The molecule has 1 aliphatic rings. The number of methoxy groups -OCH3 is 1. The molecule has 0 bridgehead atoms. The standard InChI is InChI=1S/C8H14O4/c1-12-7-4-5(8(10)11)2-3-6(7)9/h5-7,9H,2-4H2,1H3,(H,10,11)/t5-,6+,7+/m0/s1. The first-order valence-corrected chi connectivity index (χ1v) is 4.08. The van der Waals surface area contributed by atoms with Crippen molar-refractivity contribution in [1.82, 2.24) is 0 Å². The van der Waals surface area contributed by atoms with Crippen LogP contribution in [0.2, 0.25) is 0 Å². The fourth-order valence-electron chi connectivity index (χ4n) is 1.59. The molecule has 1 fully saturated rings. The number of carbonyl (C=O) groups is 1. The van der Waals surface area contributed by atoms with E-state index in [4.69, 9.17) is 9.84 Å². The summed E-state index contributed by atoms with van der Waals surface area (Å²) in [5, 5.41) is 18.1. The Morgan fingerprint density at radius 3 is 2.67 bits per heavy atom. The van der Waals surface area contributed by atoms with Gasteiger partial charge in [-0.25, -0.2) is 0 Å². The summed E-state index contributed by atoms with van der Waals surface area (Å²) in [6.45, 7) is 0. The van der Waals surface area contributed by atoms with Crippen LogP contribution < -0.4 is 0 Å². The Labute approximate surface area is 71.2 Å². The lowest BCUT2D eigenvalue weighted by Gasteiger charge is -2.29. The number of aliphatic hydroxyl groups is 1. The Bertz CT molecular complexity index is 168. The van der Waals surface area contributed by atoms with E-state index in [2.05, 4.69) is 0 Å². The van der Waals surface area contributed by atoms with Gasteiger partial charge in [0.15, 0.2) is 0 Å². The third kappa shape index (κ3) is 1.95. The van der Waals surface area contributed by atoms with Crippen molar-refractivity contribution in [3.63, 3.8) is 0 Å². The Balaban J connectivity index is 2.49. The van der Waals surface area contributed by atoms with Gasteiger partial charge in [0.1, 0.15) is 0 Å². The van der Waals surface area contributed by atoms with Gasteiger partial charge in [-0.15, -0.1) is 0 Å².